The maximum atomic E-state index is 13.9. The SMILES string of the molecule is CCOc1nn(C(F)F)cc1S(=O)(=O)N1CC(CC(C)(C)C(C)=O)Oc2ccc(NC(=O)OC(C)(C)C(F)(F)F)cc21. The number of benzene rings is 1. The molecule has 42 heavy (non-hydrogen) atoms. The summed E-state index contributed by atoms with van der Waals surface area (Å²) in [6.45, 7) is 3.79. The van der Waals surface area contributed by atoms with Gasteiger partial charge in [0.05, 0.1) is 25.0 Å². The summed E-state index contributed by atoms with van der Waals surface area (Å²) in [5, 5.41) is 5.65. The maximum absolute atomic E-state index is 13.9. The van der Waals surface area contributed by atoms with Crippen LogP contribution in [0.4, 0.5) is 38.1 Å². The molecule has 0 saturated carbocycles. The van der Waals surface area contributed by atoms with Gasteiger partial charge in [0, 0.05) is 11.1 Å². The van der Waals surface area contributed by atoms with Crippen LogP contribution in [0.15, 0.2) is 29.3 Å². The van der Waals surface area contributed by atoms with Gasteiger partial charge < -0.3 is 14.2 Å². The van der Waals surface area contributed by atoms with Gasteiger partial charge >= 0.3 is 18.8 Å². The number of sulfonamides is 1. The smallest absolute Gasteiger partial charge is 0.427 e. The van der Waals surface area contributed by atoms with E-state index in [9.17, 15) is 40.0 Å². The first-order chi connectivity index (χ1) is 19.2. The van der Waals surface area contributed by atoms with Crippen LogP contribution in [0.3, 0.4) is 0 Å². The molecular formula is C25H31F5N4O7S. The minimum atomic E-state index is -4.87. The number of amides is 1. The van der Waals surface area contributed by atoms with Crippen molar-refractivity contribution in [3.05, 3.63) is 24.4 Å². The fourth-order valence-corrected chi connectivity index (χ4v) is 5.42. The molecule has 3 rings (SSSR count). The number of anilines is 2. The van der Waals surface area contributed by atoms with E-state index in [0.29, 0.717) is 20.0 Å². The largest absolute Gasteiger partial charge is 0.486 e. The van der Waals surface area contributed by atoms with E-state index in [1.807, 2.05) is 0 Å². The van der Waals surface area contributed by atoms with Crippen LogP contribution in [0.25, 0.3) is 0 Å². The lowest BCUT2D eigenvalue weighted by Gasteiger charge is -2.38. The number of ether oxygens (including phenoxy) is 3. The van der Waals surface area contributed by atoms with Crippen LogP contribution in [-0.4, -0.2) is 61.1 Å². The third-order valence-corrected chi connectivity index (χ3v) is 8.34. The van der Waals surface area contributed by atoms with Crippen molar-refractivity contribution in [2.24, 2.45) is 5.41 Å². The molecular weight excluding hydrogens is 595 g/mol. The van der Waals surface area contributed by atoms with Crippen LogP contribution in [0.1, 0.15) is 54.5 Å². The predicted octanol–water partition coefficient (Wildman–Crippen LogP) is 5.53. The highest BCUT2D eigenvalue weighted by Gasteiger charge is 2.51. The zero-order valence-electron chi connectivity index (χ0n) is 23.6. The second kappa shape index (κ2) is 11.6. The van der Waals surface area contributed by atoms with E-state index in [0.717, 1.165) is 10.4 Å². The Labute approximate surface area is 238 Å². The fourth-order valence-electron chi connectivity index (χ4n) is 3.86. The molecule has 1 aliphatic heterocycles. The Morgan fingerprint density at radius 3 is 2.38 bits per heavy atom. The summed E-state index contributed by atoms with van der Waals surface area (Å²) in [6.07, 6.45) is -6.55. The number of alkyl halides is 5. The Kier molecular flexibility index (Phi) is 9.06. The Bertz CT molecular complexity index is 1440. The van der Waals surface area contributed by atoms with Crippen molar-refractivity contribution in [3.8, 4) is 11.6 Å². The second-order valence-corrected chi connectivity index (χ2v) is 12.4. The summed E-state index contributed by atoms with van der Waals surface area (Å²) in [5.74, 6) is -0.801. The monoisotopic (exact) mass is 626 g/mol. The van der Waals surface area contributed by atoms with Gasteiger partial charge in [0.15, 0.2) is 4.90 Å². The Morgan fingerprint density at radius 2 is 1.83 bits per heavy atom. The molecule has 1 aromatic carbocycles. The molecule has 0 aliphatic carbocycles. The van der Waals surface area contributed by atoms with Crippen molar-refractivity contribution in [2.45, 2.75) is 77.3 Å². The van der Waals surface area contributed by atoms with Crippen LogP contribution in [0.2, 0.25) is 0 Å². The van der Waals surface area contributed by atoms with Crippen LogP contribution < -0.4 is 19.1 Å². The topological polar surface area (TPSA) is 129 Å². The highest BCUT2D eigenvalue weighted by atomic mass is 32.2. The summed E-state index contributed by atoms with van der Waals surface area (Å²) in [7, 11) is -4.71. The Morgan fingerprint density at radius 1 is 1.19 bits per heavy atom. The molecule has 1 unspecified atom stereocenters. The highest BCUT2D eigenvalue weighted by Crippen LogP contribution is 2.42. The number of aromatic nitrogens is 2. The summed E-state index contributed by atoms with van der Waals surface area (Å²) in [5.41, 5.74) is -4.09. The lowest BCUT2D eigenvalue weighted by molar-refractivity contribution is -0.242. The van der Waals surface area contributed by atoms with Gasteiger partial charge in [-0.15, -0.1) is 5.10 Å². The van der Waals surface area contributed by atoms with Gasteiger partial charge in [0.1, 0.15) is 17.6 Å². The van der Waals surface area contributed by atoms with E-state index in [2.05, 4.69) is 15.2 Å². The average Bonchev–Trinajstić information content (AvgIpc) is 3.28. The molecule has 0 saturated heterocycles. The van der Waals surface area contributed by atoms with Crippen LogP contribution in [-0.2, 0) is 19.6 Å². The number of nitrogens with zero attached hydrogens (tertiary/aromatic N) is 3. The van der Waals surface area contributed by atoms with E-state index in [1.54, 1.807) is 13.8 Å². The van der Waals surface area contributed by atoms with E-state index < -0.39 is 63.3 Å². The molecule has 0 bridgehead atoms. The van der Waals surface area contributed by atoms with Crippen molar-refractivity contribution in [1.82, 2.24) is 9.78 Å². The molecule has 1 amide bonds. The quantitative estimate of drug-likeness (QED) is 0.341. The standard InChI is InChI=1S/C25H31F5N4O7S/c1-7-39-20-19(13-33(32-20)21(26)27)42(37,38)34-12-16(11-23(3,4)14(2)35)40-18-9-8-15(10-17(18)34)31-22(36)41-24(5,6)25(28,29)30/h8-10,13,16,21H,7,11-12H2,1-6H3,(H,31,36). The van der Waals surface area contributed by atoms with Crippen LogP contribution in [0, 0.1) is 5.41 Å². The fraction of sp³-hybridized carbons (Fsp3) is 0.560. The zero-order valence-corrected chi connectivity index (χ0v) is 24.4. The number of Topliss-reactive ketones (excluding diaryl/α,β-unsaturated/α-hetero) is 1. The first-order valence-electron chi connectivity index (χ1n) is 12.6. The highest BCUT2D eigenvalue weighted by molar-refractivity contribution is 7.93. The molecule has 1 N–H and O–H groups in total. The van der Waals surface area contributed by atoms with Crippen molar-refractivity contribution < 1.29 is 54.2 Å². The number of carbonyl (C=O) groups excluding carboxylic acids is 2. The molecule has 2 aromatic rings. The summed E-state index contributed by atoms with van der Waals surface area (Å²) in [4.78, 5) is 23.8. The number of hydrogen-bond acceptors (Lipinski definition) is 8. The number of carbonyl (C=O) groups is 2. The molecule has 17 heteroatoms. The molecule has 234 valence electrons. The first kappa shape index (κ1) is 32.9. The van der Waals surface area contributed by atoms with Crippen molar-refractivity contribution in [2.75, 3.05) is 22.8 Å². The number of halogens is 5. The summed E-state index contributed by atoms with van der Waals surface area (Å²) < 4.78 is 111. The third kappa shape index (κ3) is 6.87. The molecule has 11 nitrogen and oxygen atoms in total. The van der Waals surface area contributed by atoms with Crippen LogP contribution in [0.5, 0.6) is 11.6 Å². The van der Waals surface area contributed by atoms with Gasteiger partial charge in [-0.1, -0.05) is 13.8 Å². The molecule has 1 aliphatic rings. The summed E-state index contributed by atoms with van der Waals surface area (Å²) in [6, 6.07) is 3.62. The third-order valence-electron chi connectivity index (χ3n) is 6.57. The van der Waals surface area contributed by atoms with E-state index in [1.165, 1.54) is 26.0 Å². The van der Waals surface area contributed by atoms with Gasteiger partial charge in [0.2, 0.25) is 5.60 Å². The summed E-state index contributed by atoms with van der Waals surface area (Å²) >= 11 is 0. The molecule has 1 aromatic heterocycles. The average molecular weight is 627 g/mol. The second-order valence-electron chi connectivity index (χ2n) is 10.6. The van der Waals surface area contributed by atoms with Crippen LogP contribution >= 0.6 is 0 Å². The normalized spacial score (nSPS) is 16.1. The number of ketones is 1. The van der Waals surface area contributed by atoms with Gasteiger partial charge in [-0.2, -0.15) is 22.0 Å². The van der Waals surface area contributed by atoms with Crippen molar-refractivity contribution in [3.63, 3.8) is 0 Å². The number of hydrogen-bond donors (Lipinski definition) is 1. The lowest BCUT2D eigenvalue weighted by Crippen LogP contribution is -2.46. The Balaban J connectivity index is 2.08. The minimum absolute atomic E-state index is 0.0251. The zero-order chi connectivity index (χ0) is 31.8. The van der Waals surface area contributed by atoms with Crippen molar-refractivity contribution in [1.29, 1.82) is 0 Å². The molecule has 0 spiro atoms. The van der Waals surface area contributed by atoms with E-state index >= 15 is 0 Å². The van der Waals surface area contributed by atoms with Gasteiger partial charge in [0.25, 0.3) is 15.9 Å². The van der Waals surface area contributed by atoms with Crippen molar-refractivity contribution >= 4 is 33.3 Å². The minimum Gasteiger partial charge on any atom is -0.486 e. The molecule has 0 radical (unpaired) electrons. The van der Waals surface area contributed by atoms with E-state index in [-0.39, 0.29) is 40.6 Å². The number of rotatable bonds is 10. The van der Waals surface area contributed by atoms with E-state index in [4.69, 9.17) is 9.47 Å². The molecule has 0 fully saturated rings. The van der Waals surface area contributed by atoms with Gasteiger partial charge in [-0.3, -0.25) is 14.4 Å². The van der Waals surface area contributed by atoms with Gasteiger partial charge in [-0.25, -0.2) is 17.9 Å². The lowest BCUT2D eigenvalue weighted by atomic mass is 9.83. The number of nitrogens with one attached hydrogen (secondary N) is 1. The van der Waals surface area contributed by atoms with Gasteiger partial charge in [-0.05, 0) is 52.3 Å². The number of fused-ring (bicyclic) bond motifs is 1. The first-order valence-corrected chi connectivity index (χ1v) is 14.0. The molecule has 2 heterocycles. The predicted molar refractivity (Wildman–Crippen MR) is 139 cm³/mol. The Hall–Kier alpha value is -3.63. The molecule has 1 atom stereocenters. The maximum Gasteiger partial charge on any atom is 0.427 e.